The number of nitrogens with zero attached hydrogens (tertiary/aromatic N) is 1. The van der Waals surface area contributed by atoms with Crippen LogP contribution in [0.4, 0.5) is 4.39 Å². The molecule has 3 rings (SSSR count). The molecular formula is C14H18Cl3FN2. The Morgan fingerprint density at radius 2 is 1.95 bits per heavy atom. The number of fused-ring (bicyclic) bond motifs is 1. The molecule has 0 radical (unpaired) electrons. The Kier molecular flexibility index (Phi) is 5.19. The standard InChI is InChI=1S/C14H17Cl2FN2.ClH/c15-13-9(1-3-11(17)14(13)16)6-19-5-8-2-4-12(18)10(8)7-19;/h1,3,8,10,12H,2,4-7,18H2;1H. The van der Waals surface area contributed by atoms with E-state index in [1.165, 1.54) is 12.5 Å². The van der Waals surface area contributed by atoms with Crippen molar-refractivity contribution >= 4 is 35.6 Å². The van der Waals surface area contributed by atoms with Crippen molar-refractivity contribution in [1.82, 2.24) is 4.90 Å². The largest absolute Gasteiger partial charge is 0.327 e. The Morgan fingerprint density at radius 1 is 1.20 bits per heavy atom. The van der Waals surface area contributed by atoms with Gasteiger partial charge in [0.1, 0.15) is 5.82 Å². The van der Waals surface area contributed by atoms with Gasteiger partial charge in [-0.2, -0.15) is 0 Å². The molecule has 1 aliphatic heterocycles. The summed E-state index contributed by atoms with van der Waals surface area (Å²) in [5.41, 5.74) is 7.02. The predicted octanol–water partition coefficient (Wildman–Crippen LogP) is 3.72. The minimum Gasteiger partial charge on any atom is -0.327 e. The summed E-state index contributed by atoms with van der Waals surface area (Å²) >= 11 is 11.9. The van der Waals surface area contributed by atoms with E-state index in [2.05, 4.69) is 4.90 Å². The number of hydrogen-bond acceptors (Lipinski definition) is 2. The van der Waals surface area contributed by atoms with Gasteiger partial charge < -0.3 is 5.73 Å². The predicted molar refractivity (Wildman–Crippen MR) is 83.1 cm³/mol. The van der Waals surface area contributed by atoms with Crippen LogP contribution in [0.15, 0.2) is 12.1 Å². The van der Waals surface area contributed by atoms with Crippen molar-refractivity contribution in [2.75, 3.05) is 13.1 Å². The van der Waals surface area contributed by atoms with Crippen LogP contribution in [-0.4, -0.2) is 24.0 Å². The second-order valence-corrected chi connectivity index (χ2v) is 6.45. The maximum atomic E-state index is 13.3. The molecule has 3 atom stereocenters. The second-order valence-electron chi connectivity index (χ2n) is 5.69. The van der Waals surface area contributed by atoms with Crippen molar-refractivity contribution < 1.29 is 4.39 Å². The molecule has 1 saturated carbocycles. The maximum Gasteiger partial charge on any atom is 0.143 e. The Balaban J connectivity index is 0.00000147. The lowest BCUT2D eigenvalue weighted by Gasteiger charge is -2.19. The van der Waals surface area contributed by atoms with E-state index in [0.717, 1.165) is 31.6 Å². The lowest BCUT2D eigenvalue weighted by molar-refractivity contribution is 0.298. The summed E-state index contributed by atoms with van der Waals surface area (Å²) in [6, 6.07) is 3.44. The van der Waals surface area contributed by atoms with Crippen LogP contribution in [-0.2, 0) is 6.54 Å². The van der Waals surface area contributed by atoms with Crippen LogP contribution in [0.3, 0.4) is 0 Å². The number of nitrogens with two attached hydrogens (primary N) is 1. The molecule has 0 spiro atoms. The summed E-state index contributed by atoms with van der Waals surface area (Å²) in [6.07, 6.45) is 2.37. The van der Waals surface area contributed by atoms with Crippen LogP contribution in [0.1, 0.15) is 18.4 Å². The van der Waals surface area contributed by atoms with Crippen LogP contribution in [0.25, 0.3) is 0 Å². The normalized spacial score (nSPS) is 29.3. The van der Waals surface area contributed by atoms with Crippen LogP contribution in [0.5, 0.6) is 0 Å². The number of hydrogen-bond donors (Lipinski definition) is 1. The highest BCUT2D eigenvalue weighted by Gasteiger charge is 2.40. The molecule has 2 nitrogen and oxygen atoms in total. The average molecular weight is 340 g/mol. The zero-order valence-corrected chi connectivity index (χ0v) is 13.3. The van der Waals surface area contributed by atoms with Crippen LogP contribution in [0, 0.1) is 17.7 Å². The Bertz CT molecular complexity index is 498. The van der Waals surface area contributed by atoms with E-state index >= 15 is 0 Å². The average Bonchev–Trinajstić information content (AvgIpc) is 2.93. The summed E-state index contributed by atoms with van der Waals surface area (Å²) in [4.78, 5) is 2.35. The van der Waals surface area contributed by atoms with Gasteiger partial charge in [0.2, 0.25) is 0 Å². The Morgan fingerprint density at radius 3 is 2.65 bits per heavy atom. The number of likely N-dealkylation sites (tertiary alicyclic amines) is 1. The summed E-state index contributed by atoms with van der Waals surface area (Å²) in [5.74, 6) is 0.857. The number of benzene rings is 1. The van der Waals surface area contributed by atoms with Crippen molar-refractivity contribution in [3.05, 3.63) is 33.6 Å². The lowest BCUT2D eigenvalue weighted by Crippen LogP contribution is -2.30. The maximum absolute atomic E-state index is 13.3. The first kappa shape index (κ1) is 16.3. The summed E-state index contributed by atoms with van der Waals surface area (Å²) in [7, 11) is 0. The van der Waals surface area contributed by atoms with E-state index in [0.29, 0.717) is 22.9 Å². The van der Waals surface area contributed by atoms with Gasteiger partial charge in [0.15, 0.2) is 0 Å². The van der Waals surface area contributed by atoms with Crippen LogP contribution < -0.4 is 5.73 Å². The van der Waals surface area contributed by atoms with E-state index < -0.39 is 5.82 Å². The molecule has 3 unspecified atom stereocenters. The molecule has 0 amide bonds. The highest BCUT2D eigenvalue weighted by Crippen LogP contribution is 2.38. The van der Waals surface area contributed by atoms with E-state index in [4.69, 9.17) is 28.9 Å². The van der Waals surface area contributed by atoms with E-state index in [9.17, 15) is 4.39 Å². The quantitative estimate of drug-likeness (QED) is 0.832. The first-order valence-electron chi connectivity index (χ1n) is 6.66. The van der Waals surface area contributed by atoms with Gasteiger partial charge >= 0.3 is 0 Å². The fourth-order valence-electron chi connectivity index (χ4n) is 3.46. The smallest absolute Gasteiger partial charge is 0.143 e. The SMILES string of the molecule is Cl.NC1CCC2CN(Cc3ccc(F)c(Cl)c3Cl)CC12. The van der Waals surface area contributed by atoms with Gasteiger partial charge in [-0.15, -0.1) is 12.4 Å². The van der Waals surface area contributed by atoms with Crippen molar-refractivity contribution in [2.24, 2.45) is 17.6 Å². The van der Waals surface area contributed by atoms with Crippen molar-refractivity contribution in [1.29, 1.82) is 0 Å². The third-order valence-electron chi connectivity index (χ3n) is 4.50. The van der Waals surface area contributed by atoms with Crippen molar-refractivity contribution in [3.63, 3.8) is 0 Å². The fourth-order valence-corrected chi connectivity index (χ4v) is 3.86. The topological polar surface area (TPSA) is 29.3 Å². The molecule has 2 fully saturated rings. The Labute approximate surface area is 134 Å². The molecule has 1 saturated heterocycles. The molecule has 0 aromatic heterocycles. The first-order chi connectivity index (χ1) is 9.06. The van der Waals surface area contributed by atoms with Gasteiger partial charge in [-0.1, -0.05) is 29.3 Å². The molecular weight excluding hydrogens is 322 g/mol. The molecule has 1 heterocycles. The third-order valence-corrected chi connectivity index (χ3v) is 5.40. The monoisotopic (exact) mass is 338 g/mol. The zero-order chi connectivity index (χ0) is 13.6. The van der Waals surface area contributed by atoms with Crippen LogP contribution in [0.2, 0.25) is 10.0 Å². The van der Waals surface area contributed by atoms with Crippen molar-refractivity contribution in [2.45, 2.75) is 25.4 Å². The lowest BCUT2D eigenvalue weighted by atomic mass is 9.98. The zero-order valence-electron chi connectivity index (χ0n) is 11.0. The van der Waals surface area contributed by atoms with Gasteiger partial charge in [-0.3, -0.25) is 4.90 Å². The summed E-state index contributed by atoms with van der Waals surface area (Å²) < 4.78 is 13.3. The van der Waals surface area contributed by atoms with Gasteiger partial charge in [-0.25, -0.2) is 4.39 Å². The first-order valence-corrected chi connectivity index (χ1v) is 7.42. The number of halogens is 4. The number of rotatable bonds is 2. The molecule has 2 N–H and O–H groups in total. The van der Waals surface area contributed by atoms with Gasteiger partial charge in [-0.05, 0) is 36.3 Å². The van der Waals surface area contributed by atoms with Gasteiger partial charge in [0.25, 0.3) is 0 Å². The van der Waals surface area contributed by atoms with Gasteiger partial charge in [0, 0.05) is 25.7 Å². The molecule has 1 aromatic carbocycles. The molecule has 2 aliphatic rings. The molecule has 1 aromatic rings. The Hall–Kier alpha value is -0.0600. The fraction of sp³-hybridized carbons (Fsp3) is 0.571. The van der Waals surface area contributed by atoms with E-state index in [-0.39, 0.29) is 17.4 Å². The minimum atomic E-state index is -0.462. The minimum absolute atomic E-state index is 0. The van der Waals surface area contributed by atoms with E-state index in [1.54, 1.807) is 6.07 Å². The molecule has 0 bridgehead atoms. The molecule has 1 aliphatic carbocycles. The van der Waals surface area contributed by atoms with Gasteiger partial charge in [0.05, 0.1) is 10.0 Å². The summed E-state index contributed by atoms with van der Waals surface area (Å²) in [5, 5.41) is 0.360. The summed E-state index contributed by atoms with van der Waals surface area (Å²) in [6.45, 7) is 2.79. The highest BCUT2D eigenvalue weighted by molar-refractivity contribution is 6.42. The van der Waals surface area contributed by atoms with E-state index in [1.807, 2.05) is 0 Å². The highest BCUT2D eigenvalue weighted by atomic mass is 35.5. The second kappa shape index (κ2) is 6.37. The van der Waals surface area contributed by atoms with Crippen molar-refractivity contribution in [3.8, 4) is 0 Å². The molecule has 6 heteroatoms. The molecule has 20 heavy (non-hydrogen) atoms. The molecule has 112 valence electrons. The third kappa shape index (κ3) is 2.93. The van der Waals surface area contributed by atoms with Crippen LogP contribution >= 0.6 is 35.6 Å².